The van der Waals surface area contributed by atoms with E-state index in [1.807, 2.05) is 0 Å². The van der Waals surface area contributed by atoms with Gasteiger partial charge in [-0.15, -0.1) is 0 Å². The molecule has 0 aliphatic heterocycles. The van der Waals surface area contributed by atoms with Crippen LogP contribution in [0.5, 0.6) is 0 Å². The van der Waals surface area contributed by atoms with Gasteiger partial charge in [-0.2, -0.15) is 0 Å². The van der Waals surface area contributed by atoms with Gasteiger partial charge in [-0.1, -0.05) is 6.08 Å². The zero-order chi connectivity index (χ0) is 8.15. The van der Waals surface area contributed by atoms with Crippen LogP contribution in [0.15, 0.2) is 23.1 Å². The van der Waals surface area contributed by atoms with Gasteiger partial charge in [0.15, 0.2) is 0 Å². The highest BCUT2D eigenvalue weighted by Gasteiger charge is 1.99. The summed E-state index contributed by atoms with van der Waals surface area (Å²) in [7, 11) is 0. The molecule has 3 N–H and O–H groups in total. The van der Waals surface area contributed by atoms with Crippen LogP contribution in [0.3, 0.4) is 0 Å². The first kappa shape index (κ1) is 8.75. The zero-order valence-corrected chi connectivity index (χ0v) is 6.09. The van der Waals surface area contributed by atoms with Crippen LogP contribution in [0, 0.1) is 0 Å². The molecule has 0 saturated heterocycles. The lowest BCUT2D eigenvalue weighted by molar-refractivity contribution is -0.105. The highest BCUT2D eigenvalue weighted by Crippen LogP contribution is 2.03. The molecule has 0 spiro atoms. The van der Waals surface area contributed by atoms with Crippen molar-refractivity contribution in [1.82, 2.24) is 0 Å². The molecule has 0 aliphatic rings. The fourth-order valence-electron chi connectivity index (χ4n) is 0.420. The van der Waals surface area contributed by atoms with Crippen LogP contribution in [0.1, 0.15) is 13.8 Å². The van der Waals surface area contributed by atoms with Crippen molar-refractivity contribution in [3.05, 3.63) is 23.1 Å². The topological polar surface area (TPSA) is 63.3 Å². The van der Waals surface area contributed by atoms with Gasteiger partial charge < -0.3 is 10.8 Å². The minimum Gasteiger partial charge on any atom is -0.505 e. The summed E-state index contributed by atoms with van der Waals surface area (Å²) in [5, 5.41) is 9.04. The number of aliphatic hydroxyl groups is 1. The highest BCUT2D eigenvalue weighted by atomic mass is 16.3. The van der Waals surface area contributed by atoms with Crippen molar-refractivity contribution in [3.8, 4) is 0 Å². The number of aldehydes is 1. The molecule has 0 aromatic carbocycles. The number of carbonyl (C=O) groups excluding carboxylic acids is 1. The number of carbonyl (C=O) groups is 1. The second-order valence-electron chi connectivity index (χ2n) is 1.89. The van der Waals surface area contributed by atoms with E-state index in [0.29, 0.717) is 6.29 Å². The van der Waals surface area contributed by atoms with Gasteiger partial charge in [-0.05, 0) is 13.8 Å². The van der Waals surface area contributed by atoms with Crippen molar-refractivity contribution in [2.24, 2.45) is 5.73 Å². The van der Waals surface area contributed by atoms with Gasteiger partial charge in [0.25, 0.3) is 0 Å². The average Bonchev–Trinajstić information content (AvgIpc) is 2.00. The molecule has 0 aromatic rings. The van der Waals surface area contributed by atoms with Gasteiger partial charge in [0.2, 0.25) is 0 Å². The SMILES string of the molecule is C/C=C(N)\C(O)=C(/C)C=O. The number of hydrogen-bond donors (Lipinski definition) is 2. The average molecular weight is 141 g/mol. The second-order valence-corrected chi connectivity index (χ2v) is 1.89. The first-order valence-corrected chi connectivity index (χ1v) is 2.90. The molecule has 0 rings (SSSR count). The third kappa shape index (κ3) is 1.93. The zero-order valence-electron chi connectivity index (χ0n) is 6.09. The second kappa shape index (κ2) is 3.71. The van der Waals surface area contributed by atoms with E-state index in [0.717, 1.165) is 0 Å². The molecular weight excluding hydrogens is 130 g/mol. The molecule has 0 aliphatic carbocycles. The summed E-state index contributed by atoms with van der Waals surface area (Å²) < 4.78 is 0. The Hall–Kier alpha value is -1.25. The van der Waals surface area contributed by atoms with Crippen molar-refractivity contribution >= 4 is 6.29 Å². The predicted octanol–water partition coefficient (Wildman–Crippen LogP) is 0.880. The molecule has 0 bridgehead atoms. The van der Waals surface area contributed by atoms with E-state index in [9.17, 15) is 4.79 Å². The lowest BCUT2D eigenvalue weighted by Crippen LogP contribution is -2.02. The third-order valence-electron chi connectivity index (χ3n) is 1.13. The van der Waals surface area contributed by atoms with E-state index in [-0.39, 0.29) is 17.0 Å². The van der Waals surface area contributed by atoms with E-state index < -0.39 is 0 Å². The molecule has 0 amide bonds. The molecule has 0 fully saturated rings. The lowest BCUT2D eigenvalue weighted by Gasteiger charge is -1.98. The van der Waals surface area contributed by atoms with Crippen molar-refractivity contribution in [1.29, 1.82) is 0 Å². The first-order valence-electron chi connectivity index (χ1n) is 2.90. The van der Waals surface area contributed by atoms with Crippen LogP contribution in [-0.2, 0) is 4.79 Å². The van der Waals surface area contributed by atoms with Crippen molar-refractivity contribution in [3.63, 3.8) is 0 Å². The summed E-state index contributed by atoms with van der Waals surface area (Å²) in [4.78, 5) is 10.1. The van der Waals surface area contributed by atoms with Crippen LogP contribution >= 0.6 is 0 Å². The molecule has 0 aromatic heterocycles. The van der Waals surface area contributed by atoms with Gasteiger partial charge in [-0.25, -0.2) is 0 Å². The molecule has 0 saturated carbocycles. The molecule has 0 unspecified atom stereocenters. The van der Waals surface area contributed by atoms with Crippen LogP contribution in [-0.4, -0.2) is 11.4 Å². The van der Waals surface area contributed by atoms with Gasteiger partial charge in [-0.3, -0.25) is 4.79 Å². The fourth-order valence-corrected chi connectivity index (χ4v) is 0.420. The molecule has 10 heavy (non-hydrogen) atoms. The third-order valence-corrected chi connectivity index (χ3v) is 1.13. The number of hydrogen-bond acceptors (Lipinski definition) is 3. The van der Waals surface area contributed by atoms with Crippen molar-refractivity contribution < 1.29 is 9.90 Å². The summed E-state index contributed by atoms with van der Waals surface area (Å²) in [5.74, 6) is -0.141. The predicted molar refractivity (Wildman–Crippen MR) is 39.3 cm³/mol. The van der Waals surface area contributed by atoms with Crippen molar-refractivity contribution in [2.75, 3.05) is 0 Å². The largest absolute Gasteiger partial charge is 0.505 e. The van der Waals surface area contributed by atoms with Crippen LogP contribution < -0.4 is 5.73 Å². The maximum atomic E-state index is 10.1. The van der Waals surface area contributed by atoms with Crippen LogP contribution in [0.4, 0.5) is 0 Å². The number of aliphatic hydroxyl groups excluding tert-OH is 1. The monoisotopic (exact) mass is 141 g/mol. The lowest BCUT2D eigenvalue weighted by atomic mass is 10.2. The molecule has 56 valence electrons. The van der Waals surface area contributed by atoms with Gasteiger partial charge in [0, 0.05) is 5.57 Å². The summed E-state index contributed by atoms with van der Waals surface area (Å²) >= 11 is 0. The molecule has 0 atom stereocenters. The summed E-state index contributed by atoms with van der Waals surface area (Å²) in [6.07, 6.45) is 2.09. The summed E-state index contributed by atoms with van der Waals surface area (Å²) in [6, 6.07) is 0. The highest BCUT2D eigenvalue weighted by molar-refractivity contribution is 5.74. The molecule has 0 heterocycles. The minimum absolute atomic E-state index is 0.141. The molecule has 3 nitrogen and oxygen atoms in total. The van der Waals surface area contributed by atoms with Gasteiger partial charge in [0.05, 0.1) is 5.70 Å². The maximum absolute atomic E-state index is 10.1. The van der Waals surface area contributed by atoms with Crippen LogP contribution in [0.25, 0.3) is 0 Å². The Bertz CT molecular complexity index is 192. The summed E-state index contributed by atoms with van der Waals surface area (Å²) in [5.41, 5.74) is 5.76. The maximum Gasteiger partial charge on any atom is 0.149 e. The molecule has 3 heteroatoms. The summed E-state index contributed by atoms with van der Waals surface area (Å²) in [6.45, 7) is 3.18. The minimum atomic E-state index is -0.141. The van der Waals surface area contributed by atoms with Crippen molar-refractivity contribution in [2.45, 2.75) is 13.8 Å². The quantitative estimate of drug-likeness (QED) is 0.260. The Kier molecular flexibility index (Phi) is 3.25. The molecule has 0 radical (unpaired) electrons. The Morgan fingerprint density at radius 3 is 2.40 bits per heavy atom. The molecular formula is C7H11NO2. The number of rotatable bonds is 2. The fraction of sp³-hybridized carbons (Fsp3) is 0.286. The normalized spacial score (nSPS) is 14.4. The number of allylic oxidation sites excluding steroid dienone is 2. The van der Waals surface area contributed by atoms with Gasteiger partial charge >= 0.3 is 0 Å². The van der Waals surface area contributed by atoms with Gasteiger partial charge in [0.1, 0.15) is 12.0 Å². The van der Waals surface area contributed by atoms with E-state index in [1.165, 1.54) is 13.0 Å². The van der Waals surface area contributed by atoms with E-state index in [1.54, 1.807) is 6.92 Å². The Labute approximate surface area is 59.8 Å². The smallest absolute Gasteiger partial charge is 0.149 e. The Morgan fingerprint density at radius 2 is 2.10 bits per heavy atom. The Morgan fingerprint density at radius 1 is 1.60 bits per heavy atom. The van der Waals surface area contributed by atoms with E-state index >= 15 is 0 Å². The number of nitrogens with two attached hydrogens (primary N) is 1. The van der Waals surface area contributed by atoms with E-state index in [2.05, 4.69) is 0 Å². The Balaban J connectivity index is 4.63. The van der Waals surface area contributed by atoms with Crippen LogP contribution in [0.2, 0.25) is 0 Å². The first-order chi connectivity index (χ1) is 4.63. The standard InChI is InChI=1S/C7H11NO2/c1-3-6(8)7(10)5(2)4-9/h3-4,10H,8H2,1-2H3/b6-3+,7-5-. The van der Waals surface area contributed by atoms with E-state index in [4.69, 9.17) is 10.8 Å².